The highest BCUT2D eigenvalue weighted by Crippen LogP contribution is 2.22. The van der Waals surface area contributed by atoms with Crippen molar-refractivity contribution in [1.82, 2.24) is 19.4 Å². The van der Waals surface area contributed by atoms with E-state index in [1.54, 1.807) is 18.3 Å². The fourth-order valence-electron chi connectivity index (χ4n) is 3.37. The van der Waals surface area contributed by atoms with E-state index in [0.717, 1.165) is 17.1 Å². The first-order chi connectivity index (χ1) is 13.7. The summed E-state index contributed by atoms with van der Waals surface area (Å²) in [5.74, 6) is 1.29. The minimum absolute atomic E-state index is 0.0517. The maximum absolute atomic E-state index is 12.9. The molecule has 0 bridgehead atoms. The monoisotopic (exact) mass is 380 g/mol. The Morgan fingerprint density at radius 1 is 1.11 bits per heavy atom. The zero-order chi connectivity index (χ0) is 19.3. The van der Waals surface area contributed by atoms with Crippen molar-refractivity contribution in [3.63, 3.8) is 0 Å². The summed E-state index contributed by atoms with van der Waals surface area (Å²) in [5, 5.41) is 0. The molecular weight excluding hydrogens is 359 g/mol. The highest BCUT2D eigenvalue weighted by molar-refractivity contribution is 5.76. The van der Waals surface area contributed by atoms with Crippen molar-refractivity contribution < 1.29 is 13.9 Å². The van der Waals surface area contributed by atoms with Gasteiger partial charge in [0.2, 0.25) is 5.91 Å². The third-order valence-corrected chi connectivity index (χ3v) is 4.85. The van der Waals surface area contributed by atoms with Crippen molar-refractivity contribution >= 4 is 5.91 Å². The average Bonchev–Trinajstić information content (AvgIpc) is 3.01. The molecule has 0 N–H and O–H groups in total. The Hall–Kier alpha value is -3.22. The van der Waals surface area contributed by atoms with Crippen LogP contribution in [-0.4, -0.2) is 45.0 Å². The highest BCUT2D eigenvalue weighted by atomic mass is 19.1. The molecule has 0 fully saturated rings. The maximum atomic E-state index is 12.9. The van der Waals surface area contributed by atoms with Crippen LogP contribution in [0.15, 0.2) is 55.0 Å². The second-order valence-electron chi connectivity index (χ2n) is 6.64. The number of imidazole rings is 1. The van der Waals surface area contributed by atoms with Crippen LogP contribution in [0.3, 0.4) is 0 Å². The Kier molecular flexibility index (Phi) is 5.32. The third kappa shape index (κ3) is 4.03. The molecule has 7 heteroatoms. The minimum Gasteiger partial charge on any atom is -0.493 e. The Labute approximate surface area is 162 Å². The summed E-state index contributed by atoms with van der Waals surface area (Å²) in [6.45, 7) is 2.24. The predicted molar refractivity (Wildman–Crippen MR) is 102 cm³/mol. The van der Waals surface area contributed by atoms with Gasteiger partial charge in [0.25, 0.3) is 0 Å². The Bertz CT molecular complexity index is 941. The summed E-state index contributed by atoms with van der Waals surface area (Å²) in [6, 6.07) is 9.72. The molecule has 0 atom stereocenters. The summed E-state index contributed by atoms with van der Waals surface area (Å²) < 4.78 is 20.6. The van der Waals surface area contributed by atoms with Crippen LogP contribution in [0, 0.1) is 5.82 Å². The van der Waals surface area contributed by atoms with Crippen molar-refractivity contribution in [3.8, 4) is 17.0 Å². The number of pyridine rings is 1. The van der Waals surface area contributed by atoms with Crippen molar-refractivity contribution in [2.45, 2.75) is 19.4 Å². The van der Waals surface area contributed by atoms with Crippen molar-refractivity contribution in [1.29, 1.82) is 0 Å². The minimum atomic E-state index is -0.309. The summed E-state index contributed by atoms with van der Waals surface area (Å²) in [7, 11) is 0. The molecule has 0 radical (unpaired) electrons. The van der Waals surface area contributed by atoms with Crippen molar-refractivity contribution in [2.75, 3.05) is 19.7 Å². The molecule has 6 nitrogen and oxygen atoms in total. The molecule has 3 heterocycles. The van der Waals surface area contributed by atoms with E-state index in [-0.39, 0.29) is 24.8 Å². The molecule has 28 heavy (non-hydrogen) atoms. The molecule has 3 aromatic rings. The molecule has 1 aliphatic heterocycles. The van der Waals surface area contributed by atoms with Crippen LogP contribution in [0.4, 0.5) is 4.39 Å². The Balaban J connectivity index is 1.34. The van der Waals surface area contributed by atoms with Crippen LogP contribution < -0.4 is 4.74 Å². The first-order valence-corrected chi connectivity index (χ1v) is 9.31. The maximum Gasteiger partial charge on any atom is 0.226 e. The average molecular weight is 380 g/mol. The van der Waals surface area contributed by atoms with E-state index in [1.165, 1.54) is 12.1 Å². The van der Waals surface area contributed by atoms with E-state index in [0.29, 0.717) is 31.8 Å². The lowest BCUT2D eigenvalue weighted by atomic mass is 10.2. The lowest BCUT2D eigenvalue weighted by Crippen LogP contribution is -2.34. The summed E-state index contributed by atoms with van der Waals surface area (Å²) in [6.07, 6.45) is 6.45. The first kappa shape index (κ1) is 18.2. The van der Waals surface area contributed by atoms with Gasteiger partial charge in [-0.2, -0.15) is 0 Å². The lowest BCUT2D eigenvalue weighted by molar-refractivity contribution is -0.131. The lowest BCUT2D eigenvalue weighted by Gasteiger charge is -2.20. The number of halogens is 1. The van der Waals surface area contributed by atoms with E-state index in [2.05, 4.69) is 14.5 Å². The second kappa shape index (κ2) is 8.21. The number of carbonyl (C=O) groups excluding carboxylic acids is 1. The molecule has 144 valence electrons. The number of hydrogen-bond acceptors (Lipinski definition) is 4. The number of ether oxygens (including phenoxy) is 1. The Morgan fingerprint density at radius 3 is 2.75 bits per heavy atom. The molecule has 0 unspecified atom stereocenters. The number of fused-ring (bicyclic) bond motifs is 1. The van der Waals surface area contributed by atoms with E-state index in [1.807, 2.05) is 29.4 Å². The number of rotatable bonds is 5. The van der Waals surface area contributed by atoms with Gasteiger partial charge in [-0.05, 0) is 36.4 Å². The van der Waals surface area contributed by atoms with Gasteiger partial charge in [-0.3, -0.25) is 9.78 Å². The number of benzene rings is 1. The van der Waals surface area contributed by atoms with Crippen LogP contribution in [0.2, 0.25) is 0 Å². The standard InChI is InChI=1S/C21H21FN4O2/c22-17-3-5-18(6-4-17)28-13-8-21(27)25-10-7-20-24-15-19(26(20)12-11-25)16-2-1-9-23-14-16/h1-6,9,14-15H,7-8,10-13H2. The number of hydrogen-bond donors (Lipinski definition) is 0. The van der Waals surface area contributed by atoms with Gasteiger partial charge < -0.3 is 14.2 Å². The van der Waals surface area contributed by atoms with Gasteiger partial charge in [0.05, 0.1) is 24.9 Å². The van der Waals surface area contributed by atoms with Crippen LogP contribution in [0.1, 0.15) is 12.2 Å². The van der Waals surface area contributed by atoms with E-state index < -0.39 is 0 Å². The summed E-state index contributed by atoms with van der Waals surface area (Å²) in [4.78, 5) is 23.1. The van der Waals surface area contributed by atoms with Gasteiger partial charge in [-0.25, -0.2) is 9.37 Å². The zero-order valence-corrected chi connectivity index (χ0v) is 15.4. The van der Waals surface area contributed by atoms with E-state index in [4.69, 9.17) is 4.74 Å². The predicted octanol–water partition coefficient (Wildman–Crippen LogP) is 2.94. The van der Waals surface area contributed by atoms with Gasteiger partial charge in [0.15, 0.2) is 0 Å². The third-order valence-electron chi connectivity index (χ3n) is 4.85. The van der Waals surface area contributed by atoms with Gasteiger partial charge in [-0.1, -0.05) is 0 Å². The van der Waals surface area contributed by atoms with Crippen molar-refractivity contribution in [2.24, 2.45) is 0 Å². The normalized spacial score (nSPS) is 13.7. The molecular formula is C21H21FN4O2. The van der Waals surface area contributed by atoms with Crippen LogP contribution in [0.25, 0.3) is 11.3 Å². The second-order valence-corrected chi connectivity index (χ2v) is 6.64. The number of amides is 1. The van der Waals surface area contributed by atoms with Gasteiger partial charge in [0, 0.05) is 44.0 Å². The summed E-state index contributed by atoms with van der Waals surface area (Å²) >= 11 is 0. The van der Waals surface area contributed by atoms with Gasteiger partial charge in [0.1, 0.15) is 17.4 Å². The number of carbonyl (C=O) groups is 1. The molecule has 2 aromatic heterocycles. The summed E-state index contributed by atoms with van der Waals surface area (Å²) in [5.41, 5.74) is 2.05. The van der Waals surface area contributed by atoms with Gasteiger partial charge >= 0.3 is 0 Å². The quantitative estimate of drug-likeness (QED) is 0.683. The molecule has 4 rings (SSSR count). The molecule has 0 spiro atoms. The molecule has 1 amide bonds. The van der Waals surface area contributed by atoms with Crippen LogP contribution >= 0.6 is 0 Å². The van der Waals surface area contributed by atoms with Crippen molar-refractivity contribution in [3.05, 3.63) is 66.6 Å². The fourth-order valence-corrected chi connectivity index (χ4v) is 3.37. The molecule has 0 saturated carbocycles. The topological polar surface area (TPSA) is 60.2 Å². The molecule has 1 aromatic carbocycles. The van der Waals surface area contributed by atoms with E-state index in [9.17, 15) is 9.18 Å². The smallest absolute Gasteiger partial charge is 0.226 e. The first-order valence-electron chi connectivity index (χ1n) is 9.31. The Morgan fingerprint density at radius 2 is 1.96 bits per heavy atom. The molecule has 0 aliphatic carbocycles. The highest BCUT2D eigenvalue weighted by Gasteiger charge is 2.21. The SMILES string of the molecule is O=C(CCOc1ccc(F)cc1)N1CCc2ncc(-c3cccnc3)n2CC1. The molecule has 0 saturated heterocycles. The zero-order valence-electron chi connectivity index (χ0n) is 15.4. The van der Waals surface area contributed by atoms with E-state index >= 15 is 0 Å². The fraction of sp³-hybridized carbons (Fsp3) is 0.286. The van der Waals surface area contributed by atoms with Gasteiger partial charge in [-0.15, -0.1) is 0 Å². The largest absolute Gasteiger partial charge is 0.493 e. The van der Waals surface area contributed by atoms with Crippen LogP contribution in [-0.2, 0) is 17.8 Å². The number of aromatic nitrogens is 3. The number of nitrogens with zero attached hydrogens (tertiary/aromatic N) is 4. The van der Waals surface area contributed by atoms with Crippen LogP contribution in [0.5, 0.6) is 5.75 Å². The molecule has 1 aliphatic rings.